The van der Waals surface area contributed by atoms with E-state index in [2.05, 4.69) is 25.8 Å². The lowest BCUT2D eigenvalue weighted by Gasteiger charge is -2.62. The summed E-state index contributed by atoms with van der Waals surface area (Å²) in [5.74, 6) is 4.45. The van der Waals surface area contributed by atoms with Gasteiger partial charge in [-0.05, 0) is 116 Å². The Bertz CT molecular complexity index is 1240. The molecule has 10 atom stereocenters. The molecule has 1 aromatic heterocycles. The molecule has 4 aliphatic carbocycles. The molecule has 1 aromatic carbocycles. The Hall–Kier alpha value is -1.92. The predicted octanol–water partition coefficient (Wildman–Crippen LogP) is 5.76. The fourth-order valence-electron chi connectivity index (χ4n) is 10.0. The summed E-state index contributed by atoms with van der Waals surface area (Å²) in [5.41, 5.74) is 0.463. The fraction of sp³-hybridized carbons (Fsp3) is 0.750. The van der Waals surface area contributed by atoms with E-state index in [-0.39, 0.29) is 28.7 Å². The van der Waals surface area contributed by atoms with E-state index in [4.69, 9.17) is 9.15 Å². The molecule has 4 aliphatic rings. The van der Waals surface area contributed by atoms with Gasteiger partial charge in [-0.25, -0.2) is 9.78 Å². The predicted molar refractivity (Wildman–Crippen MR) is 147 cm³/mol. The van der Waals surface area contributed by atoms with Crippen molar-refractivity contribution in [3.05, 3.63) is 34.5 Å². The summed E-state index contributed by atoms with van der Waals surface area (Å²) in [6, 6.07) is 5.25. The Balaban J connectivity index is 1.19. The Morgan fingerprint density at radius 1 is 1.11 bits per heavy atom. The second-order valence-electron chi connectivity index (χ2n) is 13.7. The number of benzene rings is 1. The standard InChI is InChI=1S/C32H45NO5/c1-18(5-12-29-33-27-16-21(37-4)7-9-23(27)30(36)38-29)24-10-11-25-22-8-6-19-15-20(34)13-14-31(19,2)26(22)17-28(35)32(24,25)3/h7,9,16,18-20,22,24-26,28,34-35H,5-6,8,10-15,17H2,1-4H3/t18-,19-,20-,22+,24-,25+,26?,28+,31+,32-/m1/s1. The van der Waals surface area contributed by atoms with Gasteiger partial charge in [-0.2, -0.15) is 0 Å². The van der Waals surface area contributed by atoms with Crippen molar-refractivity contribution in [1.82, 2.24) is 4.98 Å². The fourth-order valence-corrected chi connectivity index (χ4v) is 10.0. The Kier molecular flexibility index (Phi) is 6.66. The van der Waals surface area contributed by atoms with E-state index >= 15 is 0 Å². The first-order chi connectivity index (χ1) is 18.1. The molecule has 38 heavy (non-hydrogen) atoms. The second kappa shape index (κ2) is 9.62. The SMILES string of the molecule is COc1ccc2c(=O)oc(CC[C@@H](C)[C@H]3CC[C@H]4[C@@H]5CC[C@@H]6C[C@H](O)CC[C@]6(C)C5C[C@H](O)[C@]34C)nc2c1. The van der Waals surface area contributed by atoms with Crippen molar-refractivity contribution >= 4 is 10.9 Å². The van der Waals surface area contributed by atoms with Gasteiger partial charge in [0.2, 0.25) is 0 Å². The summed E-state index contributed by atoms with van der Waals surface area (Å²) in [6.07, 6.45) is 9.81. The summed E-state index contributed by atoms with van der Waals surface area (Å²) in [6.45, 7) is 7.18. The van der Waals surface area contributed by atoms with Gasteiger partial charge in [0, 0.05) is 12.5 Å². The number of nitrogens with zero attached hydrogens (tertiary/aromatic N) is 1. The van der Waals surface area contributed by atoms with Crippen LogP contribution >= 0.6 is 0 Å². The van der Waals surface area contributed by atoms with Gasteiger partial charge in [0.15, 0.2) is 5.89 Å². The summed E-state index contributed by atoms with van der Waals surface area (Å²) in [7, 11) is 1.61. The zero-order chi connectivity index (χ0) is 26.8. The summed E-state index contributed by atoms with van der Waals surface area (Å²) in [5, 5.41) is 22.6. The van der Waals surface area contributed by atoms with Crippen molar-refractivity contribution < 1.29 is 19.4 Å². The molecule has 208 valence electrons. The number of hydrogen-bond acceptors (Lipinski definition) is 6. The van der Waals surface area contributed by atoms with E-state index in [1.54, 1.807) is 25.3 Å². The molecule has 2 aromatic rings. The van der Waals surface area contributed by atoms with Gasteiger partial charge in [-0.1, -0.05) is 20.8 Å². The van der Waals surface area contributed by atoms with Crippen LogP contribution in [-0.2, 0) is 6.42 Å². The zero-order valence-electron chi connectivity index (χ0n) is 23.5. The number of aliphatic hydroxyl groups is 2. The number of aromatic nitrogens is 1. The summed E-state index contributed by atoms with van der Waals surface area (Å²) < 4.78 is 10.9. The highest BCUT2D eigenvalue weighted by Gasteiger charge is 2.63. The maximum absolute atomic E-state index is 12.6. The monoisotopic (exact) mass is 523 g/mol. The van der Waals surface area contributed by atoms with Crippen LogP contribution < -0.4 is 10.4 Å². The number of hydrogen-bond donors (Lipinski definition) is 2. The minimum Gasteiger partial charge on any atom is -0.497 e. The molecule has 6 heteroatoms. The van der Waals surface area contributed by atoms with Crippen molar-refractivity contribution in [3.63, 3.8) is 0 Å². The van der Waals surface area contributed by atoms with Crippen molar-refractivity contribution in [2.45, 2.75) is 97.2 Å². The van der Waals surface area contributed by atoms with Gasteiger partial charge < -0.3 is 19.4 Å². The molecule has 0 bridgehead atoms. The molecule has 0 amide bonds. The van der Waals surface area contributed by atoms with E-state index in [0.717, 1.165) is 38.5 Å². The average molecular weight is 524 g/mol. The maximum Gasteiger partial charge on any atom is 0.346 e. The number of rotatable bonds is 5. The number of aliphatic hydroxyl groups excluding tert-OH is 2. The molecule has 0 aliphatic heterocycles. The van der Waals surface area contributed by atoms with Crippen molar-refractivity contribution in [2.24, 2.45) is 46.3 Å². The largest absolute Gasteiger partial charge is 0.497 e. The smallest absolute Gasteiger partial charge is 0.346 e. The number of methoxy groups -OCH3 is 1. The molecule has 1 unspecified atom stereocenters. The molecule has 0 spiro atoms. The third kappa shape index (κ3) is 4.04. The first kappa shape index (κ1) is 26.3. The molecule has 2 N–H and O–H groups in total. The molecule has 4 fully saturated rings. The lowest BCUT2D eigenvalue weighted by Crippen LogP contribution is -2.58. The highest BCUT2D eigenvalue weighted by Crippen LogP contribution is 2.68. The van der Waals surface area contributed by atoms with Crippen LogP contribution in [0.15, 0.2) is 27.4 Å². The minimum absolute atomic E-state index is 0.0665. The van der Waals surface area contributed by atoms with E-state index in [9.17, 15) is 15.0 Å². The van der Waals surface area contributed by atoms with Crippen molar-refractivity contribution in [3.8, 4) is 5.75 Å². The molecular formula is C32H45NO5. The quantitative estimate of drug-likeness (QED) is 0.518. The minimum atomic E-state index is -0.346. The van der Waals surface area contributed by atoms with Gasteiger partial charge in [0.25, 0.3) is 0 Å². The second-order valence-corrected chi connectivity index (χ2v) is 13.7. The molecule has 6 rings (SSSR count). The maximum atomic E-state index is 12.6. The van der Waals surface area contributed by atoms with Crippen LogP contribution in [0.1, 0.15) is 84.4 Å². The van der Waals surface area contributed by atoms with Crippen LogP contribution in [0, 0.1) is 46.3 Å². The number of fused-ring (bicyclic) bond motifs is 6. The van der Waals surface area contributed by atoms with Crippen LogP contribution in [0.3, 0.4) is 0 Å². The molecular weight excluding hydrogens is 478 g/mol. The average Bonchev–Trinajstić information content (AvgIpc) is 3.26. The Morgan fingerprint density at radius 2 is 1.92 bits per heavy atom. The van der Waals surface area contributed by atoms with Crippen LogP contribution in [0.5, 0.6) is 5.75 Å². The lowest BCUT2D eigenvalue weighted by molar-refractivity contribution is -0.174. The molecule has 4 saturated carbocycles. The molecule has 0 radical (unpaired) electrons. The van der Waals surface area contributed by atoms with E-state index in [1.165, 1.54) is 19.3 Å². The van der Waals surface area contributed by atoms with Gasteiger partial charge in [0.1, 0.15) is 5.75 Å². The Labute approximate surface area is 226 Å². The van der Waals surface area contributed by atoms with Crippen molar-refractivity contribution in [2.75, 3.05) is 7.11 Å². The lowest BCUT2D eigenvalue weighted by atomic mass is 9.43. The van der Waals surface area contributed by atoms with Gasteiger partial charge >= 0.3 is 5.63 Å². The first-order valence-electron chi connectivity index (χ1n) is 15.0. The zero-order valence-corrected chi connectivity index (χ0v) is 23.5. The highest BCUT2D eigenvalue weighted by atomic mass is 16.5. The van der Waals surface area contributed by atoms with Crippen LogP contribution in [0.4, 0.5) is 0 Å². The van der Waals surface area contributed by atoms with E-state index in [0.29, 0.717) is 64.5 Å². The molecule has 0 saturated heterocycles. The number of ether oxygens (including phenoxy) is 1. The van der Waals surface area contributed by atoms with Gasteiger partial charge in [0.05, 0.1) is 30.2 Å². The van der Waals surface area contributed by atoms with Crippen LogP contribution in [0.25, 0.3) is 10.9 Å². The van der Waals surface area contributed by atoms with Crippen LogP contribution in [0.2, 0.25) is 0 Å². The normalized spacial score (nSPS) is 41.3. The van der Waals surface area contributed by atoms with Crippen molar-refractivity contribution in [1.29, 1.82) is 0 Å². The van der Waals surface area contributed by atoms with E-state index in [1.807, 2.05) is 0 Å². The summed E-state index contributed by atoms with van der Waals surface area (Å²) >= 11 is 0. The topological polar surface area (TPSA) is 92.8 Å². The summed E-state index contributed by atoms with van der Waals surface area (Å²) in [4.78, 5) is 17.2. The Morgan fingerprint density at radius 3 is 2.71 bits per heavy atom. The van der Waals surface area contributed by atoms with Crippen LogP contribution in [-0.4, -0.2) is 34.5 Å². The molecule has 6 nitrogen and oxygen atoms in total. The van der Waals surface area contributed by atoms with Gasteiger partial charge in [-0.3, -0.25) is 0 Å². The third-order valence-corrected chi connectivity index (χ3v) is 12.2. The van der Waals surface area contributed by atoms with E-state index < -0.39 is 0 Å². The first-order valence-corrected chi connectivity index (χ1v) is 15.0. The van der Waals surface area contributed by atoms with Gasteiger partial charge in [-0.15, -0.1) is 0 Å². The molecule has 1 heterocycles. The highest BCUT2D eigenvalue weighted by molar-refractivity contribution is 5.78. The third-order valence-electron chi connectivity index (χ3n) is 12.2. The number of aryl methyl sites for hydroxylation is 1.